The molecule has 4 nitrogen and oxygen atoms in total. The Hall–Kier alpha value is -3.48. The third-order valence-electron chi connectivity index (χ3n) is 5.38. The maximum absolute atomic E-state index is 6.06. The van der Waals surface area contributed by atoms with Crippen molar-refractivity contribution in [3.8, 4) is 34.0 Å². The van der Waals surface area contributed by atoms with Crippen molar-refractivity contribution in [3.63, 3.8) is 0 Å². The largest absolute Gasteiger partial charge is 0.436 e. The maximum atomic E-state index is 6.06. The van der Waals surface area contributed by atoms with Crippen molar-refractivity contribution in [1.82, 2.24) is 9.97 Å². The molecular formula is C26H16N2O2S2. The van der Waals surface area contributed by atoms with Gasteiger partial charge in [0, 0.05) is 9.79 Å². The van der Waals surface area contributed by atoms with Gasteiger partial charge in [0.25, 0.3) is 0 Å². The van der Waals surface area contributed by atoms with E-state index in [0.29, 0.717) is 11.8 Å². The molecule has 2 aromatic heterocycles. The lowest BCUT2D eigenvalue weighted by Crippen LogP contribution is -1.79. The van der Waals surface area contributed by atoms with Gasteiger partial charge in [0.05, 0.1) is 11.1 Å². The van der Waals surface area contributed by atoms with Crippen molar-refractivity contribution in [2.75, 3.05) is 0 Å². The molecule has 154 valence electrons. The molecule has 32 heavy (non-hydrogen) atoms. The highest BCUT2D eigenvalue weighted by atomic mass is 32.1. The quantitative estimate of drug-likeness (QED) is 0.272. The molecule has 6 rings (SSSR count). The molecule has 0 saturated heterocycles. The number of benzene rings is 4. The first kappa shape index (κ1) is 19.2. The minimum atomic E-state index is 0.559. The fourth-order valence-corrected chi connectivity index (χ4v) is 4.26. The second kappa shape index (κ2) is 7.58. The number of nitrogens with zero attached hydrogens (tertiary/aromatic N) is 2. The van der Waals surface area contributed by atoms with Gasteiger partial charge in [0.2, 0.25) is 11.8 Å². The molecule has 0 saturated carbocycles. The number of thiol groups is 2. The Morgan fingerprint density at radius 2 is 0.969 bits per heavy atom. The van der Waals surface area contributed by atoms with Crippen molar-refractivity contribution < 1.29 is 8.83 Å². The summed E-state index contributed by atoms with van der Waals surface area (Å²) >= 11 is 9.03. The molecule has 2 heterocycles. The summed E-state index contributed by atoms with van der Waals surface area (Å²) in [6, 6.07) is 27.5. The monoisotopic (exact) mass is 452 g/mol. The number of oxazole rings is 2. The van der Waals surface area contributed by atoms with E-state index in [1.165, 1.54) is 0 Å². The zero-order chi connectivity index (χ0) is 21.7. The second-order valence-corrected chi connectivity index (χ2v) is 8.40. The summed E-state index contributed by atoms with van der Waals surface area (Å²) in [5.74, 6) is 1.12. The minimum absolute atomic E-state index is 0.559. The molecule has 0 aliphatic rings. The van der Waals surface area contributed by atoms with Gasteiger partial charge in [0.15, 0.2) is 11.2 Å². The predicted molar refractivity (Wildman–Crippen MR) is 132 cm³/mol. The Balaban J connectivity index is 1.41. The second-order valence-electron chi connectivity index (χ2n) is 7.44. The fourth-order valence-electron chi connectivity index (χ4n) is 3.75. The first-order valence-electron chi connectivity index (χ1n) is 10.0. The molecule has 0 amide bonds. The van der Waals surface area contributed by atoms with Crippen LogP contribution in [0.2, 0.25) is 0 Å². The van der Waals surface area contributed by atoms with Crippen molar-refractivity contribution in [2.24, 2.45) is 0 Å². The summed E-state index contributed by atoms with van der Waals surface area (Å²) in [7, 11) is 0. The van der Waals surface area contributed by atoms with E-state index in [-0.39, 0.29) is 0 Å². The highest BCUT2D eigenvalue weighted by Crippen LogP contribution is 2.34. The third kappa shape index (κ3) is 3.28. The predicted octanol–water partition coefficient (Wildman–Crippen LogP) is 7.55. The van der Waals surface area contributed by atoms with Crippen LogP contribution in [0.1, 0.15) is 0 Å². The van der Waals surface area contributed by atoms with Crippen LogP contribution in [0.25, 0.3) is 56.2 Å². The van der Waals surface area contributed by atoms with E-state index in [0.717, 1.165) is 54.2 Å². The van der Waals surface area contributed by atoms with Gasteiger partial charge >= 0.3 is 0 Å². The van der Waals surface area contributed by atoms with E-state index >= 15 is 0 Å². The van der Waals surface area contributed by atoms with Gasteiger partial charge in [-0.1, -0.05) is 36.4 Å². The Morgan fingerprint density at radius 3 is 1.41 bits per heavy atom. The molecule has 4 aromatic carbocycles. The van der Waals surface area contributed by atoms with Crippen molar-refractivity contribution in [3.05, 3.63) is 84.9 Å². The lowest BCUT2D eigenvalue weighted by Gasteiger charge is -2.01. The number of fused-ring (bicyclic) bond motifs is 2. The van der Waals surface area contributed by atoms with Crippen molar-refractivity contribution in [1.29, 1.82) is 0 Å². The first-order chi connectivity index (χ1) is 15.7. The fraction of sp³-hybridized carbons (Fsp3) is 0. The summed E-state index contributed by atoms with van der Waals surface area (Å²) in [6.07, 6.45) is 0. The van der Waals surface area contributed by atoms with Crippen molar-refractivity contribution in [2.45, 2.75) is 9.79 Å². The Morgan fingerprint density at radius 1 is 0.531 bits per heavy atom. The maximum Gasteiger partial charge on any atom is 0.228 e. The zero-order valence-corrected chi connectivity index (χ0v) is 18.5. The van der Waals surface area contributed by atoms with Crippen LogP contribution in [0, 0.1) is 0 Å². The molecular weight excluding hydrogens is 436 g/mol. The lowest BCUT2D eigenvalue weighted by molar-refractivity contribution is 0.617. The van der Waals surface area contributed by atoms with E-state index in [4.69, 9.17) is 8.83 Å². The smallest absolute Gasteiger partial charge is 0.228 e. The Labute approximate surface area is 194 Å². The summed E-state index contributed by atoms with van der Waals surface area (Å²) in [6.45, 7) is 0. The Bertz CT molecular complexity index is 1500. The van der Waals surface area contributed by atoms with Crippen molar-refractivity contribution >= 4 is 47.5 Å². The van der Waals surface area contributed by atoms with Crippen LogP contribution in [0.4, 0.5) is 0 Å². The molecule has 0 atom stereocenters. The van der Waals surface area contributed by atoms with Crippen LogP contribution in [-0.2, 0) is 0 Å². The highest BCUT2D eigenvalue weighted by Gasteiger charge is 2.14. The SMILES string of the molecule is Sc1ccccc1-c1nc2ccc(-c3ccc4nc(-c5ccccc5S)oc4c3)cc2o1. The van der Waals surface area contributed by atoms with E-state index in [1.54, 1.807) is 0 Å². The van der Waals surface area contributed by atoms with Crippen LogP contribution >= 0.6 is 25.3 Å². The van der Waals surface area contributed by atoms with Crippen LogP contribution in [0.5, 0.6) is 0 Å². The van der Waals surface area contributed by atoms with E-state index < -0.39 is 0 Å². The van der Waals surface area contributed by atoms with Crippen LogP contribution in [0.3, 0.4) is 0 Å². The molecule has 0 aliphatic carbocycles. The average molecular weight is 453 g/mol. The van der Waals surface area contributed by atoms with Crippen LogP contribution in [-0.4, -0.2) is 9.97 Å². The number of rotatable bonds is 3. The zero-order valence-electron chi connectivity index (χ0n) is 16.7. The van der Waals surface area contributed by atoms with E-state index in [9.17, 15) is 0 Å². The molecule has 0 bridgehead atoms. The van der Waals surface area contributed by atoms with Crippen LogP contribution in [0.15, 0.2) is 104 Å². The highest BCUT2D eigenvalue weighted by molar-refractivity contribution is 7.80. The standard InChI is InChI=1S/C26H16N2O2S2/c31-23-7-3-1-5-17(23)25-27-19-11-9-15(13-21(19)29-25)16-10-12-20-22(14-16)30-26(28-20)18-6-2-4-8-24(18)32/h1-14,31-32H. The van der Waals surface area contributed by atoms with Gasteiger partial charge in [-0.05, 0) is 59.7 Å². The van der Waals surface area contributed by atoms with Gasteiger partial charge in [-0.2, -0.15) is 0 Å². The van der Waals surface area contributed by atoms with Gasteiger partial charge in [0.1, 0.15) is 11.0 Å². The molecule has 0 aliphatic heterocycles. The van der Waals surface area contributed by atoms with E-state index in [2.05, 4.69) is 35.2 Å². The third-order valence-corrected chi connectivity index (χ3v) is 6.16. The molecule has 6 aromatic rings. The minimum Gasteiger partial charge on any atom is -0.436 e. The molecule has 0 N–H and O–H groups in total. The molecule has 6 heteroatoms. The van der Waals surface area contributed by atoms with Gasteiger partial charge in [-0.3, -0.25) is 0 Å². The number of hydrogen-bond donors (Lipinski definition) is 2. The van der Waals surface area contributed by atoms with Gasteiger partial charge < -0.3 is 8.83 Å². The molecule has 0 unspecified atom stereocenters. The summed E-state index contributed by atoms with van der Waals surface area (Å²) in [4.78, 5) is 10.9. The van der Waals surface area contributed by atoms with Crippen LogP contribution < -0.4 is 0 Å². The Kier molecular flexibility index (Phi) is 4.56. The number of hydrogen-bond acceptors (Lipinski definition) is 6. The average Bonchev–Trinajstić information content (AvgIpc) is 3.42. The lowest BCUT2D eigenvalue weighted by atomic mass is 10.1. The van der Waals surface area contributed by atoms with Gasteiger partial charge in [-0.15, -0.1) is 25.3 Å². The first-order valence-corrected chi connectivity index (χ1v) is 10.9. The summed E-state index contributed by atoms with van der Waals surface area (Å²) in [5.41, 5.74) is 6.79. The van der Waals surface area contributed by atoms with E-state index in [1.807, 2.05) is 84.9 Å². The molecule has 0 fully saturated rings. The summed E-state index contributed by atoms with van der Waals surface area (Å²) in [5, 5.41) is 0. The molecule has 0 spiro atoms. The molecule has 0 radical (unpaired) electrons. The number of aromatic nitrogens is 2. The summed E-state index contributed by atoms with van der Waals surface area (Å²) < 4.78 is 12.1. The topological polar surface area (TPSA) is 52.1 Å². The van der Waals surface area contributed by atoms with Gasteiger partial charge in [-0.25, -0.2) is 9.97 Å². The normalized spacial score (nSPS) is 11.4.